The van der Waals surface area contributed by atoms with E-state index in [1.807, 2.05) is 6.07 Å². The van der Waals surface area contributed by atoms with Crippen LogP contribution in [0, 0.1) is 6.92 Å². The molecule has 0 aliphatic rings. The Morgan fingerprint density at radius 1 is 1.14 bits per heavy atom. The third-order valence-electron chi connectivity index (χ3n) is 3.85. The van der Waals surface area contributed by atoms with Crippen LogP contribution in [-0.2, 0) is 6.42 Å². The summed E-state index contributed by atoms with van der Waals surface area (Å²) in [6, 6.07) is 16.9. The van der Waals surface area contributed by atoms with Crippen molar-refractivity contribution in [3.63, 3.8) is 0 Å². The number of ether oxygens (including phenoxy) is 1. The summed E-state index contributed by atoms with van der Waals surface area (Å²) in [6.45, 7) is 2.10. The smallest absolute Gasteiger partial charge is 0.119 e. The molecule has 0 heterocycles. The minimum absolute atomic E-state index is 0.180. The van der Waals surface area contributed by atoms with Crippen molar-refractivity contribution in [1.29, 1.82) is 0 Å². The van der Waals surface area contributed by atoms with E-state index in [9.17, 15) is 0 Å². The zero-order chi connectivity index (χ0) is 15.1. The summed E-state index contributed by atoms with van der Waals surface area (Å²) in [6.07, 6.45) is 3.19. The monoisotopic (exact) mass is 284 g/mol. The number of hydrogen-bond acceptors (Lipinski definition) is 3. The van der Waals surface area contributed by atoms with Crippen molar-refractivity contribution in [2.75, 3.05) is 7.11 Å². The Kier molecular flexibility index (Phi) is 5.78. The lowest BCUT2D eigenvalue weighted by Gasteiger charge is -2.19. The van der Waals surface area contributed by atoms with Gasteiger partial charge in [0.2, 0.25) is 0 Å². The van der Waals surface area contributed by atoms with Crippen LogP contribution in [-0.4, -0.2) is 7.11 Å². The summed E-state index contributed by atoms with van der Waals surface area (Å²) in [4.78, 5) is 0. The molecule has 3 nitrogen and oxygen atoms in total. The number of nitrogens with two attached hydrogens (primary N) is 1. The first-order valence-corrected chi connectivity index (χ1v) is 7.39. The predicted octanol–water partition coefficient (Wildman–Crippen LogP) is 3.53. The van der Waals surface area contributed by atoms with Gasteiger partial charge >= 0.3 is 0 Å². The van der Waals surface area contributed by atoms with E-state index in [2.05, 4.69) is 54.8 Å². The highest BCUT2D eigenvalue weighted by atomic mass is 16.5. The average Bonchev–Trinajstić information content (AvgIpc) is 2.53. The molecule has 2 aromatic rings. The number of rotatable bonds is 7. The van der Waals surface area contributed by atoms with Crippen molar-refractivity contribution in [3.8, 4) is 5.75 Å². The van der Waals surface area contributed by atoms with E-state index in [-0.39, 0.29) is 6.04 Å². The maximum absolute atomic E-state index is 5.74. The highest BCUT2D eigenvalue weighted by molar-refractivity contribution is 5.36. The molecule has 2 rings (SSSR count). The van der Waals surface area contributed by atoms with Crippen LogP contribution < -0.4 is 16.0 Å². The molecule has 0 radical (unpaired) electrons. The molecule has 0 fully saturated rings. The Morgan fingerprint density at radius 2 is 1.90 bits per heavy atom. The third-order valence-corrected chi connectivity index (χ3v) is 3.85. The molecule has 3 heteroatoms. The zero-order valence-electron chi connectivity index (χ0n) is 12.8. The Morgan fingerprint density at radius 3 is 2.52 bits per heavy atom. The molecule has 112 valence electrons. The molecule has 0 amide bonds. The van der Waals surface area contributed by atoms with Crippen molar-refractivity contribution in [2.45, 2.75) is 32.2 Å². The summed E-state index contributed by atoms with van der Waals surface area (Å²) in [5.41, 5.74) is 6.76. The van der Waals surface area contributed by atoms with Gasteiger partial charge in [0.15, 0.2) is 0 Å². The van der Waals surface area contributed by atoms with Gasteiger partial charge in [0.25, 0.3) is 0 Å². The number of nitrogens with one attached hydrogen (secondary N) is 1. The minimum Gasteiger partial charge on any atom is -0.497 e. The van der Waals surface area contributed by atoms with Gasteiger partial charge in [0.05, 0.1) is 7.11 Å². The molecule has 2 aromatic carbocycles. The highest BCUT2D eigenvalue weighted by Crippen LogP contribution is 2.25. The normalized spacial score (nSPS) is 12.1. The first kappa shape index (κ1) is 15.5. The van der Waals surface area contributed by atoms with Crippen LogP contribution in [0.2, 0.25) is 0 Å². The van der Waals surface area contributed by atoms with Gasteiger partial charge in [0.1, 0.15) is 5.75 Å². The van der Waals surface area contributed by atoms with Crippen LogP contribution in [0.25, 0.3) is 0 Å². The van der Waals surface area contributed by atoms with E-state index in [4.69, 9.17) is 10.6 Å². The van der Waals surface area contributed by atoms with E-state index in [0.29, 0.717) is 0 Å². The van der Waals surface area contributed by atoms with Crippen LogP contribution in [0.3, 0.4) is 0 Å². The molecule has 0 saturated heterocycles. The van der Waals surface area contributed by atoms with Gasteiger partial charge in [-0.3, -0.25) is 11.3 Å². The fourth-order valence-electron chi connectivity index (χ4n) is 2.65. The maximum atomic E-state index is 5.74. The van der Waals surface area contributed by atoms with Gasteiger partial charge < -0.3 is 4.74 Å². The average molecular weight is 284 g/mol. The molecule has 0 saturated carbocycles. The van der Waals surface area contributed by atoms with Gasteiger partial charge in [-0.05, 0) is 55.0 Å². The van der Waals surface area contributed by atoms with Crippen LogP contribution in [0.1, 0.15) is 35.6 Å². The minimum atomic E-state index is 0.180. The van der Waals surface area contributed by atoms with Crippen molar-refractivity contribution < 1.29 is 4.74 Å². The first-order chi connectivity index (χ1) is 10.2. The standard InChI is InChI=1S/C18H24N2O/c1-14-13-16(21-2)11-12-17(14)18(20-19)10-6-9-15-7-4-3-5-8-15/h3-5,7-8,11-13,18,20H,6,9-10,19H2,1-2H3. The van der Waals surface area contributed by atoms with E-state index in [1.165, 1.54) is 16.7 Å². The predicted molar refractivity (Wildman–Crippen MR) is 87.2 cm³/mol. The summed E-state index contributed by atoms with van der Waals surface area (Å²) >= 11 is 0. The quantitative estimate of drug-likeness (QED) is 0.604. The van der Waals surface area contributed by atoms with Crippen LogP contribution in [0.15, 0.2) is 48.5 Å². The topological polar surface area (TPSA) is 47.3 Å². The molecule has 3 N–H and O–H groups in total. The Bertz CT molecular complexity index is 554. The van der Waals surface area contributed by atoms with Gasteiger partial charge in [0, 0.05) is 6.04 Å². The second-order valence-corrected chi connectivity index (χ2v) is 5.32. The summed E-state index contributed by atoms with van der Waals surface area (Å²) in [7, 11) is 1.69. The second kappa shape index (κ2) is 7.81. The fourth-order valence-corrected chi connectivity index (χ4v) is 2.65. The number of aryl methyl sites for hydroxylation is 2. The van der Waals surface area contributed by atoms with Gasteiger partial charge in [-0.2, -0.15) is 0 Å². The lowest BCUT2D eigenvalue weighted by Crippen LogP contribution is -2.28. The molecule has 1 atom stereocenters. The zero-order valence-corrected chi connectivity index (χ0v) is 12.8. The van der Waals surface area contributed by atoms with Crippen LogP contribution in [0.4, 0.5) is 0 Å². The third kappa shape index (κ3) is 4.31. The van der Waals surface area contributed by atoms with E-state index in [0.717, 1.165) is 25.0 Å². The Labute approximate surface area is 127 Å². The highest BCUT2D eigenvalue weighted by Gasteiger charge is 2.12. The van der Waals surface area contributed by atoms with Crippen LogP contribution >= 0.6 is 0 Å². The molecule has 0 aromatic heterocycles. The second-order valence-electron chi connectivity index (χ2n) is 5.32. The van der Waals surface area contributed by atoms with Crippen molar-refractivity contribution >= 4 is 0 Å². The van der Waals surface area contributed by atoms with Gasteiger partial charge in [-0.15, -0.1) is 0 Å². The summed E-state index contributed by atoms with van der Waals surface area (Å²) < 4.78 is 5.25. The number of hydrazine groups is 1. The van der Waals surface area contributed by atoms with Gasteiger partial charge in [-0.25, -0.2) is 0 Å². The van der Waals surface area contributed by atoms with E-state index >= 15 is 0 Å². The Hall–Kier alpha value is -1.84. The lowest BCUT2D eigenvalue weighted by atomic mass is 9.96. The maximum Gasteiger partial charge on any atom is 0.119 e. The summed E-state index contributed by atoms with van der Waals surface area (Å²) in [5.74, 6) is 6.63. The molecular weight excluding hydrogens is 260 g/mol. The first-order valence-electron chi connectivity index (χ1n) is 7.39. The van der Waals surface area contributed by atoms with Crippen molar-refractivity contribution in [2.24, 2.45) is 5.84 Å². The molecule has 0 aliphatic heterocycles. The number of hydrogen-bond donors (Lipinski definition) is 2. The molecule has 0 bridgehead atoms. The fraction of sp³-hybridized carbons (Fsp3) is 0.333. The number of benzene rings is 2. The van der Waals surface area contributed by atoms with Gasteiger partial charge in [-0.1, -0.05) is 36.4 Å². The molecule has 0 spiro atoms. The van der Waals surface area contributed by atoms with E-state index < -0.39 is 0 Å². The summed E-state index contributed by atoms with van der Waals surface area (Å²) in [5, 5.41) is 0. The van der Waals surface area contributed by atoms with Crippen LogP contribution in [0.5, 0.6) is 5.75 Å². The molecule has 21 heavy (non-hydrogen) atoms. The molecule has 1 unspecified atom stereocenters. The SMILES string of the molecule is COc1ccc(C(CCCc2ccccc2)NN)c(C)c1. The molecular formula is C18H24N2O. The Balaban J connectivity index is 1.96. The number of methoxy groups -OCH3 is 1. The molecule has 0 aliphatic carbocycles. The van der Waals surface area contributed by atoms with Crippen molar-refractivity contribution in [1.82, 2.24) is 5.43 Å². The van der Waals surface area contributed by atoms with E-state index in [1.54, 1.807) is 7.11 Å². The largest absolute Gasteiger partial charge is 0.497 e. The van der Waals surface area contributed by atoms with Crippen molar-refractivity contribution in [3.05, 3.63) is 65.2 Å². The lowest BCUT2D eigenvalue weighted by molar-refractivity contribution is 0.413.